The van der Waals surface area contributed by atoms with E-state index in [1.165, 1.54) is 0 Å². The average Bonchev–Trinajstić information content (AvgIpc) is 2.17. The van der Waals surface area contributed by atoms with E-state index >= 15 is 0 Å². The van der Waals surface area contributed by atoms with Gasteiger partial charge in [-0.05, 0) is 0 Å². The fraction of sp³-hybridized carbons (Fsp3) is 1.00. The molecule has 1 unspecified atom stereocenters. The van der Waals surface area contributed by atoms with Gasteiger partial charge in [0.1, 0.15) is 24.4 Å². The van der Waals surface area contributed by atoms with Gasteiger partial charge < -0.3 is 29.7 Å². The summed E-state index contributed by atoms with van der Waals surface area (Å²) in [5, 5.41) is 36.6. The largest absolute Gasteiger partial charge is 1.00 e. The fourth-order valence-corrected chi connectivity index (χ4v) is 1.52. The molecule has 1 heterocycles. The monoisotopic (exact) mass is 282 g/mol. The van der Waals surface area contributed by atoms with Crippen molar-refractivity contribution in [3.63, 3.8) is 0 Å². The second-order valence-corrected chi connectivity index (χ2v) is 4.28. The smallest absolute Gasteiger partial charge is 0.726 e. The van der Waals surface area contributed by atoms with Gasteiger partial charge in [0.25, 0.3) is 0 Å². The standard InChI is InChI=1S/C6H12O9S.Na/c7-3-2(1-14-16(11,12)13)15-6(10)5(9)4(3)8;/h2-10H,1H2,(H,11,12,13);/q;+1/p-1/t2-,3+,4+,5-,6?;/m1./s1. The summed E-state index contributed by atoms with van der Waals surface area (Å²) in [4.78, 5) is 0. The van der Waals surface area contributed by atoms with E-state index in [1.54, 1.807) is 0 Å². The van der Waals surface area contributed by atoms with E-state index in [1.807, 2.05) is 0 Å². The molecule has 0 spiro atoms. The first-order valence-electron chi connectivity index (χ1n) is 4.20. The van der Waals surface area contributed by atoms with E-state index in [-0.39, 0.29) is 29.6 Å². The number of hydrogen-bond donors (Lipinski definition) is 4. The summed E-state index contributed by atoms with van der Waals surface area (Å²) in [6.45, 7) is -0.867. The van der Waals surface area contributed by atoms with Gasteiger partial charge >= 0.3 is 29.6 Å². The molecular formula is C6H11NaO9S. The Morgan fingerprint density at radius 2 is 1.65 bits per heavy atom. The van der Waals surface area contributed by atoms with Crippen LogP contribution in [0.1, 0.15) is 0 Å². The van der Waals surface area contributed by atoms with E-state index in [4.69, 9.17) is 10.2 Å². The molecule has 0 aromatic carbocycles. The summed E-state index contributed by atoms with van der Waals surface area (Å²) < 4.78 is 38.7. The molecule has 1 saturated heterocycles. The molecule has 17 heavy (non-hydrogen) atoms. The molecule has 1 fully saturated rings. The zero-order valence-corrected chi connectivity index (χ0v) is 11.6. The Bertz CT molecular complexity index is 332. The summed E-state index contributed by atoms with van der Waals surface area (Å²) in [7, 11) is -4.96. The van der Waals surface area contributed by atoms with Gasteiger partial charge in [-0.3, -0.25) is 4.18 Å². The number of hydrogen-bond acceptors (Lipinski definition) is 9. The molecule has 0 aromatic rings. The predicted molar refractivity (Wildman–Crippen MR) is 44.5 cm³/mol. The summed E-state index contributed by atoms with van der Waals surface area (Å²) in [6.07, 6.45) is -8.37. The van der Waals surface area contributed by atoms with Crippen LogP contribution in [-0.2, 0) is 19.3 Å². The van der Waals surface area contributed by atoms with E-state index in [9.17, 15) is 23.2 Å². The molecule has 9 nitrogen and oxygen atoms in total. The summed E-state index contributed by atoms with van der Waals surface area (Å²) >= 11 is 0. The van der Waals surface area contributed by atoms with Crippen molar-refractivity contribution in [1.82, 2.24) is 0 Å². The van der Waals surface area contributed by atoms with E-state index in [0.29, 0.717) is 0 Å². The van der Waals surface area contributed by atoms with Gasteiger partial charge in [0, 0.05) is 0 Å². The number of ether oxygens (including phenoxy) is 1. The molecule has 4 N–H and O–H groups in total. The molecule has 0 aliphatic carbocycles. The zero-order valence-electron chi connectivity index (χ0n) is 8.83. The molecule has 1 aliphatic rings. The van der Waals surface area contributed by atoms with E-state index in [0.717, 1.165) is 0 Å². The Balaban J connectivity index is 0.00000256. The fourth-order valence-electron chi connectivity index (χ4n) is 1.22. The van der Waals surface area contributed by atoms with Gasteiger partial charge in [0.05, 0.1) is 6.61 Å². The molecule has 0 aromatic heterocycles. The summed E-state index contributed by atoms with van der Waals surface area (Å²) in [5.41, 5.74) is 0. The van der Waals surface area contributed by atoms with Crippen molar-refractivity contribution in [2.75, 3.05) is 6.61 Å². The Morgan fingerprint density at radius 1 is 1.12 bits per heavy atom. The van der Waals surface area contributed by atoms with Crippen LogP contribution >= 0.6 is 0 Å². The zero-order chi connectivity index (χ0) is 12.5. The normalized spacial score (nSPS) is 38.5. The van der Waals surface area contributed by atoms with Crippen LogP contribution in [0.15, 0.2) is 0 Å². The number of aliphatic hydroxyl groups excluding tert-OH is 4. The van der Waals surface area contributed by atoms with E-state index < -0.39 is 47.7 Å². The van der Waals surface area contributed by atoms with Crippen molar-refractivity contribution >= 4 is 10.4 Å². The van der Waals surface area contributed by atoms with Crippen LogP contribution in [0.2, 0.25) is 0 Å². The van der Waals surface area contributed by atoms with Gasteiger partial charge in [-0.1, -0.05) is 0 Å². The maximum absolute atomic E-state index is 10.1. The predicted octanol–water partition coefficient (Wildman–Crippen LogP) is -6.73. The van der Waals surface area contributed by atoms with Crippen LogP contribution in [0.4, 0.5) is 0 Å². The molecule has 5 atom stereocenters. The first-order chi connectivity index (χ1) is 7.22. The van der Waals surface area contributed by atoms with Crippen molar-refractivity contribution in [2.24, 2.45) is 0 Å². The Hall–Kier alpha value is 0.670. The molecular weight excluding hydrogens is 271 g/mol. The van der Waals surface area contributed by atoms with Crippen LogP contribution in [0.5, 0.6) is 0 Å². The molecule has 0 amide bonds. The second kappa shape index (κ2) is 6.73. The molecule has 0 saturated carbocycles. The Morgan fingerprint density at radius 3 is 2.12 bits per heavy atom. The maximum atomic E-state index is 10.1. The SMILES string of the molecule is O=S(=O)([O-])OC[C@H]1OC(O)[C@H](O)[C@@H](O)[C@H]1O.[Na+]. The van der Waals surface area contributed by atoms with Crippen LogP contribution in [0.25, 0.3) is 0 Å². The number of rotatable bonds is 3. The van der Waals surface area contributed by atoms with Crippen LogP contribution < -0.4 is 29.6 Å². The Labute approximate surface area is 119 Å². The van der Waals surface area contributed by atoms with Crippen LogP contribution in [0, 0.1) is 0 Å². The third-order valence-electron chi connectivity index (χ3n) is 2.06. The first kappa shape index (κ1) is 17.7. The molecule has 1 rings (SSSR count). The molecule has 0 radical (unpaired) electrons. The van der Waals surface area contributed by atoms with Gasteiger partial charge in [-0.2, -0.15) is 0 Å². The average molecular weight is 282 g/mol. The van der Waals surface area contributed by atoms with Crippen molar-refractivity contribution in [3.8, 4) is 0 Å². The van der Waals surface area contributed by atoms with Crippen molar-refractivity contribution in [2.45, 2.75) is 30.7 Å². The van der Waals surface area contributed by atoms with Gasteiger partial charge in [-0.15, -0.1) is 0 Å². The topological polar surface area (TPSA) is 157 Å². The molecule has 11 heteroatoms. The summed E-state index contributed by atoms with van der Waals surface area (Å²) in [6, 6.07) is 0. The maximum Gasteiger partial charge on any atom is 1.00 e. The van der Waals surface area contributed by atoms with E-state index in [2.05, 4.69) is 8.92 Å². The molecule has 0 bridgehead atoms. The molecule has 1 aliphatic heterocycles. The minimum atomic E-state index is -4.96. The van der Waals surface area contributed by atoms with Crippen molar-refractivity contribution < 1.29 is 71.9 Å². The van der Waals surface area contributed by atoms with Gasteiger partial charge in [0.15, 0.2) is 6.29 Å². The minimum Gasteiger partial charge on any atom is -0.726 e. The van der Waals surface area contributed by atoms with Crippen molar-refractivity contribution in [3.05, 3.63) is 0 Å². The summed E-state index contributed by atoms with van der Waals surface area (Å²) in [5.74, 6) is 0. The molecule has 96 valence electrons. The third kappa shape index (κ3) is 5.04. The third-order valence-corrected chi connectivity index (χ3v) is 2.49. The van der Waals surface area contributed by atoms with Gasteiger partial charge in [0.2, 0.25) is 10.4 Å². The van der Waals surface area contributed by atoms with Gasteiger partial charge in [-0.25, -0.2) is 8.42 Å². The quantitative estimate of drug-likeness (QED) is 0.224. The minimum absolute atomic E-state index is 0. The van der Waals surface area contributed by atoms with Crippen LogP contribution in [0.3, 0.4) is 0 Å². The van der Waals surface area contributed by atoms with Crippen LogP contribution in [-0.4, -0.2) is 70.7 Å². The van der Waals surface area contributed by atoms with Crippen molar-refractivity contribution in [1.29, 1.82) is 0 Å². The first-order valence-corrected chi connectivity index (χ1v) is 5.53. The second-order valence-electron chi connectivity index (χ2n) is 3.23. The Kier molecular flexibility index (Phi) is 6.99. The number of aliphatic hydroxyl groups is 4.